The molecule has 7 heteroatoms. The summed E-state index contributed by atoms with van der Waals surface area (Å²) in [5.74, 6) is -0.207. The fourth-order valence-corrected chi connectivity index (χ4v) is 6.24. The molecule has 2 aromatic rings. The van der Waals surface area contributed by atoms with Crippen LogP contribution in [0.15, 0.2) is 53.4 Å². The number of hydrogen-bond acceptors (Lipinski definition) is 4. The van der Waals surface area contributed by atoms with Gasteiger partial charge in [0.1, 0.15) is 0 Å². The van der Waals surface area contributed by atoms with Crippen LogP contribution in [0.1, 0.15) is 47.2 Å². The lowest BCUT2D eigenvalue weighted by atomic mass is 10.1. The molecule has 2 fully saturated rings. The normalized spacial score (nSPS) is 20.6. The topological polar surface area (TPSA) is 69.7 Å². The molecule has 2 aromatic carbocycles. The highest BCUT2D eigenvalue weighted by Gasteiger charge is 2.29. The molecule has 6 nitrogen and oxygen atoms in total. The minimum absolute atomic E-state index is 0.0691. The summed E-state index contributed by atoms with van der Waals surface area (Å²) < 4.78 is 27.8. The second-order valence-electron chi connectivity index (χ2n) is 8.62. The summed E-state index contributed by atoms with van der Waals surface area (Å²) >= 11 is 0. The number of carbonyl (C=O) groups excluding carboxylic acids is 1. The SMILES string of the molecule is Cc1ccc(C(=O)NC2CCN(Cc3ccccc3)C2)cc1S(=O)(=O)N1CCCCC1. The zero-order valence-corrected chi connectivity index (χ0v) is 18.9. The lowest BCUT2D eigenvalue weighted by Gasteiger charge is -2.26. The number of benzene rings is 2. The molecule has 0 aliphatic carbocycles. The van der Waals surface area contributed by atoms with E-state index in [0.29, 0.717) is 24.2 Å². The second-order valence-corrected chi connectivity index (χ2v) is 10.5. The van der Waals surface area contributed by atoms with Gasteiger partial charge in [0.2, 0.25) is 10.0 Å². The van der Waals surface area contributed by atoms with E-state index in [-0.39, 0.29) is 16.8 Å². The Bertz CT molecular complexity index is 1020. The Labute approximate surface area is 185 Å². The average molecular weight is 442 g/mol. The highest BCUT2D eigenvalue weighted by molar-refractivity contribution is 7.89. The maximum atomic E-state index is 13.1. The highest BCUT2D eigenvalue weighted by Crippen LogP contribution is 2.24. The van der Waals surface area contributed by atoms with Gasteiger partial charge in [-0.25, -0.2) is 8.42 Å². The van der Waals surface area contributed by atoms with Crippen LogP contribution in [0.3, 0.4) is 0 Å². The number of piperidine rings is 1. The molecule has 0 saturated carbocycles. The molecule has 0 spiro atoms. The third kappa shape index (κ3) is 5.17. The first-order valence-electron chi connectivity index (χ1n) is 11.1. The first-order chi connectivity index (χ1) is 14.9. The fourth-order valence-electron chi connectivity index (χ4n) is 4.47. The van der Waals surface area contributed by atoms with Crippen LogP contribution in [-0.4, -0.2) is 55.8 Å². The van der Waals surface area contributed by atoms with Gasteiger partial charge >= 0.3 is 0 Å². The summed E-state index contributed by atoms with van der Waals surface area (Å²) in [5, 5.41) is 3.10. The number of rotatable bonds is 6. The molecule has 2 aliphatic heterocycles. The van der Waals surface area contributed by atoms with Crippen LogP contribution in [0.4, 0.5) is 0 Å². The average Bonchev–Trinajstić information content (AvgIpc) is 3.21. The summed E-state index contributed by atoms with van der Waals surface area (Å²) in [6.07, 6.45) is 3.73. The minimum atomic E-state index is -3.57. The molecular weight excluding hydrogens is 410 g/mol. The van der Waals surface area contributed by atoms with Gasteiger partial charge in [-0.05, 0) is 49.4 Å². The van der Waals surface area contributed by atoms with Gasteiger partial charge in [0, 0.05) is 44.3 Å². The van der Waals surface area contributed by atoms with Gasteiger partial charge in [-0.3, -0.25) is 9.69 Å². The van der Waals surface area contributed by atoms with Crippen molar-refractivity contribution in [1.82, 2.24) is 14.5 Å². The summed E-state index contributed by atoms with van der Waals surface area (Å²) in [6, 6.07) is 15.4. The van der Waals surface area contributed by atoms with E-state index in [0.717, 1.165) is 45.3 Å². The number of likely N-dealkylation sites (tertiary alicyclic amines) is 1. The monoisotopic (exact) mass is 441 g/mol. The Morgan fingerprint density at radius 3 is 2.52 bits per heavy atom. The Hall–Kier alpha value is -2.22. The second kappa shape index (κ2) is 9.51. The molecule has 1 amide bonds. The summed E-state index contributed by atoms with van der Waals surface area (Å²) in [5.41, 5.74) is 2.35. The van der Waals surface area contributed by atoms with Crippen molar-refractivity contribution in [2.75, 3.05) is 26.2 Å². The molecule has 31 heavy (non-hydrogen) atoms. The van der Waals surface area contributed by atoms with E-state index in [1.165, 1.54) is 5.56 Å². The van der Waals surface area contributed by atoms with Crippen molar-refractivity contribution in [2.24, 2.45) is 0 Å². The van der Waals surface area contributed by atoms with Crippen molar-refractivity contribution in [2.45, 2.75) is 50.1 Å². The maximum Gasteiger partial charge on any atom is 0.251 e. The van der Waals surface area contributed by atoms with Gasteiger partial charge in [0.05, 0.1) is 4.90 Å². The van der Waals surface area contributed by atoms with Crippen molar-refractivity contribution in [3.05, 3.63) is 65.2 Å². The fraction of sp³-hybridized carbons (Fsp3) is 0.458. The van der Waals surface area contributed by atoms with E-state index in [1.807, 2.05) is 18.2 Å². The Kier molecular flexibility index (Phi) is 6.74. The van der Waals surface area contributed by atoms with Crippen molar-refractivity contribution < 1.29 is 13.2 Å². The molecule has 2 heterocycles. The first-order valence-corrected chi connectivity index (χ1v) is 12.6. The molecule has 4 rings (SSSR count). The number of carbonyl (C=O) groups is 1. The van der Waals surface area contributed by atoms with Crippen LogP contribution in [0.5, 0.6) is 0 Å². The van der Waals surface area contributed by atoms with E-state index in [2.05, 4.69) is 22.3 Å². The summed E-state index contributed by atoms with van der Waals surface area (Å²) in [4.78, 5) is 15.5. The summed E-state index contributed by atoms with van der Waals surface area (Å²) in [6.45, 7) is 5.50. The molecular formula is C24H31N3O3S. The standard InChI is InChI=1S/C24H31N3O3S/c1-19-10-11-21(16-23(19)31(29,30)27-13-6-3-7-14-27)24(28)25-22-12-15-26(18-22)17-20-8-4-2-5-9-20/h2,4-5,8-11,16,22H,3,6-7,12-15,17-18H2,1H3,(H,25,28). The van der Waals surface area contributed by atoms with Crippen molar-refractivity contribution in [3.63, 3.8) is 0 Å². The van der Waals surface area contributed by atoms with Crippen molar-refractivity contribution in [3.8, 4) is 0 Å². The smallest absolute Gasteiger partial charge is 0.251 e. The quantitative estimate of drug-likeness (QED) is 0.748. The number of hydrogen-bond donors (Lipinski definition) is 1. The number of amides is 1. The van der Waals surface area contributed by atoms with Gasteiger partial charge in [-0.2, -0.15) is 4.31 Å². The Morgan fingerprint density at radius 2 is 1.77 bits per heavy atom. The van der Waals surface area contributed by atoms with Crippen LogP contribution >= 0.6 is 0 Å². The van der Waals surface area contributed by atoms with Crippen molar-refractivity contribution >= 4 is 15.9 Å². The lowest BCUT2D eigenvalue weighted by Crippen LogP contribution is -2.38. The van der Waals surface area contributed by atoms with Crippen LogP contribution in [-0.2, 0) is 16.6 Å². The van der Waals surface area contributed by atoms with E-state index < -0.39 is 10.0 Å². The molecule has 0 aromatic heterocycles. The van der Waals surface area contributed by atoms with E-state index >= 15 is 0 Å². The van der Waals surface area contributed by atoms with Gasteiger partial charge < -0.3 is 5.32 Å². The van der Waals surface area contributed by atoms with E-state index in [9.17, 15) is 13.2 Å². The minimum Gasteiger partial charge on any atom is -0.348 e. The molecule has 1 unspecified atom stereocenters. The van der Waals surface area contributed by atoms with Crippen LogP contribution in [0.25, 0.3) is 0 Å². The first kappa shape index (κ1) is 22.0. The van der Waals surface area contributed by atoms with Crippen molar-refractivity contribution in [1.29, 1.82) is 0 Å². The van der Waals surface area contributed by atoms with Gasteiger partial charge in [0.15, 0.2) is 0 Å². The number of aryl methyl sites for hydroxylation is 1. The molecule has 0 bridgehead atoms. The summed E-state index contributed by atoms with van der Waals surface area (Å²) in [7, 11) is -3.57. The number of nitrogens with zero attached hydrogens (tertiary/aromatic N) is 2. The zero-order valence-electron chi connectivity index (χ0n) is 18.1. The van der Waals surface area contributed by atoms with Crippen LogP contribution in [0, 0.1) is 6.92 Å². The van der Waals surface area contributed by atoms with Gasteiger partial charge in [0.25, 0.3) is 5.91 Å². The Balaban J connectivity index is 1.42. The number of sulfonamides is 1. The van der Waals surface area contributed by atoms with Gasteiger partial charge in [-0.15, -0.1) is 0 Å². The predicted octanol–water partition coefficient (Wildman–Crippen LogP) is 3.17. The largest absolute Gasteiger partial charge is 0.348 e. The molecule has 2 aliphatic rings. The molecule has 2 saturated heterocycles. The molecule has 1 N–H and O–H groups in total. The Morgan fingerprint density at radius 1 is 1.03 bits per heavy atom. The lowest BCUT2D eigenvalue weighted by molar-refractivity contribution is 0.0937. The van der Waals surface area contributed by atoms with Crippen LogP contribution in [0.2, 0.25) is 0 Å². The molecule has 0 radical (unpaired) electrons. The van der Waals surface area contributed by atoms with Crippen LogP contribution < -0.4 is 5.32 Å². The van der Waals surface area contributed by atoms with E-state index in [4.69, 9.17) is 0 Å². The molecule has 166 valence electrons. The molecule has 1 atom stereocenters. The van der Waals surface area contributed by atoms with Gasteiger partial charge in [-0.1, -0.05) is 42.8 Å². The third-order valence-electron chi connectivity index (χ3n) is 6.24. The predicted molar refractivity (Wildman–Crippen MR) is 121 cm³/mol. The maximum absolute atomic E-state index is 13.1. The highest BCUT2D eigenvalue weighted by atomic mass is 32.2. The van der Waals surface area contributed by atoms with E-state index in [1.54, 1.807) is 29.4 Å². The third-order valence-corrected chi connectivity index (χ3v) is 8.28. The zero-order chi connectivity index (χ0) is 21.8. The number of nitrogens with one attached hydrogen (secondary N) is 1.